The summed E-state index contributed by atoms with van der Waals surface area (Å²) in [6.07, 6.45) is 1.77. The van der Waals surface area contributed by atoms with E-state index < -0.39 is 0 Å². The third-order valence-corrected chi connectivity index (χ3v) is 3.41. The Hall–Kier alpha value is -1.16. The molecule has 1 heterocycles. The summed E-state index contributed by atoms with van der Waals surface area (Å²) in [6.45, 7) is 10.3. The lowest BCUT2D eigenvalue weighted by atomic mass is 9.98. The Morgan fingerprint density at radius 2 is 2.18 bits per heavy atom. The zero-order chi connectivity index (χ0) is 13.1. The number of aromatic nitrogens is 1. The molecule has 0 atom stereocenters. The van der Waals surface area contributed by atoms with Crippen LogP contribution in [0.5, 0.6) is 0 Å². The summed E-state index contributed by atoms with van der Waals surface area (Å²) in [4.78, 5) is 15.9. The number of hydrogen-bond acceptors (Lipinski definition) is 4. The number of nitrogens with zero attached hydrogens (tertiary/aromatic N) is 1. The maximum atomic E-state index is 11.4. The van der Waals surface area contributed by atoms with Crippen LogP contribution in [0.3, 0.4) is 0 Å². The first-order valence-electron chi connectivity index (χ1n) is 5.66. The fourth-order valence-electron chi connectivity index (χ4n) is 1.22. The fraction of sp³-hybridized carbons (Fsp3) is 0.538. The molecule has 17 heavy (non-hydrogen) atoms. The highest BCUT2D eigenvalue weighted by Gasteiger charge is 2.17. The second kappa shape index (κ2) is 5.45. The van der Waals surface area contributed by atoms with Crippen molar-refractivity contribution in [2.24, 2.45) is 0 Å². The molecule has 0 saturated carbocycles. The number of thiazole rings is 1. The van der Waals surface area contributed by atoms with E-state index in [1.165, 1.54) is 0 Å². The van der Waals surface area contributed by atoms with Crippen molar-refractivity contribution in [2.75, 3.05) is 6.61 Å². The van der Waals surface area contributed by atoms with Crippen molar-refractivity contribution < 1.29 is 9.53 Å². The molecule has 1 aromatic rings. The summed E-state index contributed by atoms with van der Waals surface area (Å²) in [5.41, 5.74) is 1.46. The molecular formula is C13H19NO2S. The molecule has 3 nitrogen and oxygen atoms in total. The third kappa shape index (κ3) is 3.97. The van der Waals surface area contributed by atoms with Crippen molar-refractivity contribution in [3.8, 4) is 0 Å². The Kier molecular flexibility index (Phi) is 4.46. The molecule has 0 spiro atoms. The van der Waals surface area contributed by atoms with E-state index in [1.807, 2.05) is 5.38 Å². The molecular weight excluding hydrogens is 234 g/mol. The number of rotatable bonds is 3. The van der Waals surface area contributed by atoms with Gasteiger partial charge in [-0.3, -0.25) is 0 Å². The number of carbonyl (C=O) groups excluding carboxylic acids is 1. The molecule has 94 valence electrons. The van der Waals surface area contributed by atoms with Crippen LogP contribution in [0.2, 0.25) is 0 Å². The second-order valence-electron chi connectivity index (χ2n) is 4.88. The zero-order valence-electron chi connectivity index (χ0n) is 11.0. The number of ether oxygens (including phenoxy) is 1. The lowest BCUT2D eigenvalue weighted by molar-refractivity contribution is -0.138. The van der Waals surface area contributed by atoms with Crippen molar-refractivity contribution >= 4 is 23.4 Å². The average Bonchev–Trinajstić information content (AvgIpc) is 2.66. The topological polar surface area (TPSA) is 39.2 Å². The second-order valence-corrected chi connectivity index (χ2v) is 5.73. The maximum absolute atomic E-state index is 11.4. The lowest BCUT2D eigenvalue weighted by Crippen LogP contribution is -2.10. The van der Waals surface area contributed by atoms with Crippen LogP contribution in [0.4, 0.5) is 0 Å². The van der Waals surface area contributed by atoms with Gasteiger partial charge in [0.1, 0.15) is 0 Å². The summed E-state index contributed by atoms with van der Waals surface area (Å²) in [5.74, 6) is -0.280. The van der Waals surface area contributed by atoms with Gasteiger partial charge in [0.15, 0.2) is 0 Å². The van der Waals surface area contributed by atoms with E-state index in [0.717, 1.165) is 10.7 Å². The van der Waals surface area contributed by atoms with Gasteiger partial charge in [0.05, 0.1) is 17.3 Å². The monoisotopic (exact) mass is 253 g/mol. The van der Waals surface area contributed by atoms with Gasteiger partial charge in [-0.1, -0.05) is 20.8 Å². The van der Waals surface area contributed by atoms with E-state index in [9.17, 15) is 4.79 Å². The smallest absolute Gasteiger partial charge is 0.333 e. The Morgan fingerprint density at radius 3 is 2.65 bits per heavy atom. The van der Waals surface area contributed by atoms with Gasteiger partial charge < -0.3 is 4.74 Å². The average molecular weight is 253 g/mol. The van der Waals surface area contributed by atoms with Crippen molar-refractivity contribution in [1.29, 1.82) is 0 Å². The standard InChI is InChI=1S/C13H19NO2S/c1-6-16-11(15)9(2)7-10-8-17-12(14-10)13(3,4)5/h7-8H,6H2,1-5H3. The highest BCUT2D eigenvalue weighted by atomic mass is 32.1. The van der Waals surface area contributed by atoms with Crippen LogP contribution in [0.25, 0.3) is 6.08 Å². The largest absolute Gasteiger partial charge is 0.463 e. The third-order valence-electron chi connectivity index (χ3n) is 2.13. The van der Waals surface area contributed by atoms with Crippen molar-refractivity contribution in [2.45, 2.75) is 40.0 Å². The molecule has 1 rings (SSSR count). The van der Waals surface area contributed by atoms with Crippen molar-refractivity contribution in [3.63, 3.8) is 0 Å². The molecule has 0 amide bonds. The summed E-state index contributed by atoms with van der Waals surface area (Å²) in [6, 6.07) is 0. The normalized spacial score (nSPS) is 12.6. The van der Waals surface area contributed by atoms with Gasteiger partial charge >= 0.3 is 5.97 Å². The highest BCUT2D eigenvalue weighted by Crippen LogP contribution is 2.26. The fourth-order valence-corrected chi connectivity index (χ4v) is 2.09. The molecule has 0 aliphatic carbocycles. The van der Waals surface area contributed by atoms with Gasteiger partial charge in [-0.25, -0.2) is 9.78 Å². The van der Waals surface area contributed by atoms with Gasteiger partial charge in [0, 0.05) is 16.4 Å². The molecule has 0 bridgehead atoms. The van der Waals surface area contributed by atoms with Gasteiger partial charge in [-0.05, 0) is 19.9 Å². The SMILES string of the molecule is CCOC(=O)C(C)=Cc1csc(C(C)(C)C)n1. The molecule has 1 aromatic heterocycles. The van der Waals surface area contributed by atoms with Crippen LogP contribution in [0, 0.1) is 0 Å². The summed E-state index contributed by atoms with van der Waals surface area (Å²) in [5, 5.41) is 3.03. The van der Waals surface area contributed by atoms with E-state index in [2.05, 4.69) is 25.8 Å². The van der Waals surface area contributed by atoms with Gasteiger partial charge in [0.2, 0.25) is 0 Å². The molecule has 0 aromatic carbocycles. The zero-order valence-corrected chi connectivity index (χ0v) is 11.9. The Labute approximate surface area is 107 Å². The molecule has 4 heteroatoms. The van der Waals surface area contributed by atoms with Crippen LogP contribution >= 0.6 is 11.3 Å². The first-order chi connectivity index (χ1) is 7.84. The first-order valence-corrected chi connectivity index (χ1v) is 6.54. The minimum atomic E-state index is -0.280. The van der Waals surface area contributed by atoms with E-state index in [0.29, 0.717) is 12.2 Å². The molecule has 0 fully saturated rings. The molecule has 0 N–H and O–H groups in total. The first kappa shape index (κ1) is 13.9. The van der Waals surface area contributed by atoms with Crippen LogP contribution < -0.4 is 0 Å². The molecule has 0 unspecified atom stereocenters. The van der Waals surface area contributed by atoms with Gasteiger partial charge in [-0.15, -0.1) is 11.3 Å². The quantitative estimate of drug-likeness (QED) is 0.612. The number of esters is 1. The van der Waals surface area contributed by atoms with Crippen molar-refractivity contribution in [3.05, 3.63) is 21.7 Å². The van der Waals surface area contributed by atoms with Crippen LogP contribution in [0.15, 0.2) is 11.0 Å². The number of hydrogen-bond donors (Lipinski definition) is 0. The molecule has 0 aliphatic heterocycles. The van der Waals surface area contributed by atoms with E-state index in [-0.39, 0.29) is 11.4 Å². The summed E-state index contributed by atoms with van der Waals surface area (Å²) < 4.78 is 4.92. The Bertz CT molecular complexity index is 427. The lowest BCUT2D eigenvalue weighted by Gasteiger charge is -2.13. The summed E-state index contributed by atoms with van der Waals surface area (Å²) >= 11 is 1.62. The molecule has 0 saturated heterocycles. The van der Waals surface area contributed by atoms with Crippen LogP contribution in [-0.4, -0.2) is 17.6 Å². The minimum Gasteiger partial charge on any atom is -0.463 e. The predicted molar refractivity (Wildman–Crippen MR) is 71.1 cm³/mol. The van der Waals surface area contributed by atoms with Crippen LogP contribution in [-0.2, 0) is 14.9 Å². The Morgan fingerprint density at radius 1 is 1.53 bits per heavy atom. The van der Waals surface area contributed by atoms with Crippen molar-refractivity contribution in [1.82, 2.24) is 4.98 Å². The molecule has 0 aliphatic rings. The minimum absolute atomic E-state index is 0.0502. The summed E-state index contributed by atoms with van der Waals surface area (Å²) in [7, 11) is 0. The Balaban J connectivity index is 2.85. The van der Waals surface area contributed by atoms with Gasteiger partial charge in [0.25, 0.3) is 0 Å². The van der Waals surface area contributed by atoms with Crippen LogP contribution in [0.1, 0.15) is 45.3 Å². The predicted octanol–water partition coefficient (Wildman–Crippen LogP) is 3.41. The highest BCUT2D eigenvalue weighted by molar-refractivity contribution is 7.09. The van der Waals surface area contributed by atoms with E-state index in [4.69, 9.17) is 4.74 Å². The molecule has 0 radical (unpaired) electrons. The number of carbonyl (C=O) groups is 1. The maximum Gasteiger partial charge on any atom is 0.333 e. The van der Waals surface area contributed by atoms with Gasteiger partial charge in [-0.2, -0.15) is 0 Å². The van der Waals surface area contributed by atoms with E-state index >= 15 is 0 Å². The van der Waals surface area contributed by atoms with E-state index in [1.54, 1.807) is 31.3 Å².